The summed E-state index contributed by atoms with van der Waals surface area (Å²) in [6.07, 6.45) is 0. The lowest BCUT2D eigenvalue weighted by atomic mass is 10.0. The molecule has 0 amide bonds. The summed E-state index contributed by atoms with van der Waals surface area (Å²) >= 11 is 0. The fraction of sp³-hybridized carbons (Fsp3) is 0.200. The van der Waals surface area contributed by atoms with Crippen LogP contribution in [-0.2, 0) is 0 Å². The minimum atomic E-state index is -1.55. The van der Waals surface area contributed by atoms with Gasteiger partial charge in [-0.1, -0.05) is 215 Å². The van der Waals surface area contributed by atoms with Crippen molar-refractivity contribution >= 4 is 91.9 Å². The summed E-state index contributed by atoms with van der Waals surface area (Å²) in [5.74, 6) is 0. The highest BCUT2D eigenvalue weighted by molar-refractivity contribution is 6.90. The summed E-state index contributed by atoms with van der Waals surface area (Å²) in [7, 11) is -5.72. The molecule has 332 valence electrons. The van der Waals surface area contributed by atoms with E-state index in [4.69, 9.17) is 0 Å². The molecule has 0 fully saturated rings. The second-order valence-electron chi connectivity index (χ2n) is 22.5. The Morgan fingerprint density at radius 1 is 0.273 bits per heavy atom. The van der Waals surface area contributed by atoms with Crippen molar-refractivity contribution in [3.63, 3.8) is 0 Å². The van der Waals surface area contributed by atoms with Crippen LogP contribution in [0.15, 0.2) is 182 Å². The van der Waals surface area contributed by atoms with E-state index in [0.29, 0.717) is 0 Å². The number of hydrogen-bond acceptors (Lipinski definition) is 1. The van der Waals surface area contributed by atoms with Crippen LogP contribution in [0.1, 0.15) is 0 Å². The molecule has 2 nitrogen and oxygen atoms in total. The average molecular weight is 928 g/mol. The van der Waals surface area contributed by atoms with Crippen molar-refractivity contribution in [3.05, 3.63) is 182 Å². The maximum absolute atomic E-state index is 2.49. The second kappa shape index (κ2) is 17.1. The highest BCUT2D eigenvalue weighted by atomic mass is 28.3. The number of fused-ring (bicyclic) bond motifs is 3. The number of hydrogen-bond donors (Lipinski definition) is 0. The van der Waals surface area contributed by atoms with Gasteiger partial charge in [0.05, 0.1) is 43.3 Å². The lowest BCUT2D eigenvalue weighted by Gasteiger charge is -2.26. The molecule has 0 aliphatic heterocycles. The second-order valence-corrected chi connectivity index (χ2v) is 42.8. The van der Waals surface area contributed by atoms with Gasteiger partial charge in [0, 0.05) is 33.5 Å². The highest BCUT2D eigenvalue weighted by Gasteiger charge is 2.23. The van der Waals surface area contributed by atoms with Gasteiger partial charge < -0.3 is 9.47 Å². The zero-order chi connectivity index (χ0) is 46.8. The summed E-state index contributed by atoms with van der Waals surface area (Å²) in [6.45, 7) is 29.0. The minimum absolute atomic E-state index is 1.12. The largest absolute Gasteiger partial charge is 0.311 e. The zero-order valence-corrected chi connectivity index (χ0v) is 45.2. The van der Waals surface area contributed by atoms with Crippen LogP contribution in [0.3, 0.4) is 0 Å². The van der Waals surface area contributed by atoms with E-state index in [0.717, 1.165) is 17.1 Å². The van der Waals surface area contributed by atoms with Gasteiger partial charge in [-0.3, -0.25) is 0 Å². The Morgan fingerprint density at radius 3 is 0.909 bits per heavy atom. The molecule has 0 unspecified atom stereocenters. The van der Waals surface area contributed by atoms with E-state index in [9.17, 15) is 0 Å². The van der Waals surface area contributed by atoms with Crippen molar-refractivity contribution in [1.82, 2.24) is 4.57 Å². The molecule has 0 saturated heterocycles. The number of benzene rings is 8. The van der Waals surface area contributed by atoms with Gasteiger partial charge in [0.2, 0.25) is 0 Å². The van der Waals surface area contributed by atoms with Crippen molar-refractivity contribution in [2.24, 2.45) is 0 Å². The third-order valence-corrected chi connectivity index (χ3v) is 21.7. The van der Waals surface area contributed by atoms with Gasteiger partial charge in [0.15, 0.2) is 0 Å². The minimum Gasteiger partial charge on any atom is -0.311 e. The lowest BCUT2D eigenvalue weighted by Crippen LogP contribution is -2.37. The topological polar surface area (TPSA) is 8.17 Å². The van der Waals surface area contributed by atoms with Crippen LogP contribution in [0.2, 0.25) is 78.6 Å². The fourth-order valence-corrected chi connectivity index (χ4v) is 13.9. The van der Waals surface area contributed by atoms with E-state index in [-0.39, 0.29) is 0 Å². The predicted octanol–water partition coefficient (Wildman–Crippen LogP) is 15.4. The molecule has 8 aromatic carbocycles. The summed E-state index contributed by atoms with van der Waals surface area (Å²) in [5, 5.41) is 8.57. The van der Waals surface area contributed by atoms with Crippen molar-refractivity contribution in [1.29, 1.82) is 0 Å². The summed E-state index contributed by atoms with van der Waals surface area (Å²) < 4.78 is 2.47. The van der Waals surface area contributed by atoms with Gasteiger partial charge in [0.25, 0.3) is 0 Å². The molecule has 0 aliphatic rings. The van der Waals surface area contributed by atoms with Gasteiger partial charge in [0.1, 0.15) is 0 Å². The van der Waals surface area contributed by atoms with Gasteiger partial charge in [-0.25, -0.2) is 0 Å². The van der Waals surface area contributed by atoms with E-state index in [1.54, 1.807) is 0 Å². The molecular formula is C60H66N2Si4. The summed E-state index contributed by atoms with van der Waals surface area (Å²) in [6, 6.07) is 69.5. The first-order chi connectivity index (χ1) is 31.2. The smallest absolute Gasteiger partial charge is 0.0776 e. The fourth-order valence-electron chi connectivity index (χ4n) is 9.24. The molecule has 9 rings (SSSR count). The van der Waals surface area contributed by atoms with E-state index in [1.165, 1.54) is 81.6 Å². The molecule has 0 spiro atoms. The van der Waals surface area contributed by atoms with Crippen LogP contribution in [0.4, 0.5) is 17.1 Å². The highest BCUT2D eigenvalue weighted by Crippen LogP contribution is 2.39. The third-order valence-electron chi connectivity index (χ3n) is 13.5. The Morgan fingerprint density at radius 2 is 0.545 bits per heavy atom. The van der Waals surface area contributed by atoms with Crippen LogP contribution >= 0.6 is 0 Å². The molecule has 0 saturated carbocycles. The standard InChI is InChI=1S/C60H66N2Si4/c1-63(2,3)53-32-19-45(20-33-53)43-13-24-49(25-14-43)61(50-26-15-44(16-27-50)46-21-34-54(35-22-46)64(4,5)6)51-28-17-47(18-29-51)48-23-39-59-57(41-48)58-42-56(66(10,11)12)38-40-60(58)62(59)52-30-36-55(37-31-52)65(7,8)9/h13-42H,1-12H3. The first-order valence-electron chi connectivity index (χ1n) is 23.7. The Hall–Kier alpha value is -5.77. The monoisotopic (exact) mass is 926 g/mol. The molecule has 0 N–H and O–H groups in total. The molecule has 0 atom stereocenters. The molecule has 0 bridgehead atoms. The Kier molecular flexibility index (Phi) is 11.8. The maximum Gasteiger partial charge on any atom is 0.0776 e. The van der Waals surface area contributed by atoms with Gasteiger partial charge in [-0.15, -0.1) is 0 Å². The van der Waals surface area contributed by atoms with E-state index < -0.39 is 32.3 Å². The van der Waals surface area contributed by atoms with E-state index in [2.05, 4.69) is 270 Å². The lowest BCUT2D eigenvalue weighted by molar-refractivity contribution is 1.18. The molecule has 66 heavy (non-hydrogen) atoms. The molecule has 1 heterocycles. The van der Waals surface area contributed by atoms with Crippen LogP contribution in [-0.4, -0.2) is 36.9 Å². The summed E-state index contributed by atoms with van der Waals surface area (Å²) in [5.41, 5.74) is 14.5. The Bertz CT molecular complexity index is 3050. The summed E-state index contributed by atoms with van der Waals surface area (Å²) in [4.78, 5) is 2.39. The predicted molar refractivity (Wildman–Crippen MR) is 304 cm³/mol. The normalized spacial score (nSPS) is 12.5. The zero-order valence-electron chi connectivity index (χ0n) is 41.2. The van der Waals surface area contributed by atoms with Crippen molar-refractivity contribution in [3.8, 4) is 39.1 Å². The van der Waals surface area contributed by atoms with Crippen LogP contribution in [0.25, 0.3) is 60.9 Å². The van der Waals surface area contributed by atoms with Gasteiger partial charge in [-0.2, -0.15) is 0 Å². The molecular weight excluding hydrogens is 861 g/mol. The number of rotatable bonds is 11. The molecule has 1 aromatic heterocycles. The van der Waals surface area contributed by atoms with E-state index >= 15 is 0 Å². The van der Waals surface area contributed by atoms with Crippen molar-refractivity contribution < 1.29 is 0 Å². The van der Waals surface area contributed by atoms with Gasteiger partial charge >= 0.3 is 0 Å². The number of anilines is 3. The molecule has 6 heteroatoms. The van der Waals surface area contributed by atoms with Crippen molar-refractivity contribution in [2.45, 2.75) is 78.6 Å². The molecule has 9 aromatic rings. The third kappa shape index (κ3) is 9.17. The van der Waals surface area contributed by atoms with Gasteiger partial charge in [-0.05, 0) is 100 Å². The quantitative estimate of drug-likeness (QED) is 0.117. The first kappa shape index (κ1) is 45.4. The number of aromatic nitrogens is 1. The Labute approximate surface area is 398 Å². The first-order valence-corrected chi connectivity index (χ1v) is 37.7. The SMILES string of the molecule is C[Si](C)(C)c1ccc(-c2ccc(N(c3ccc(-c4ccc([Si](C)(C)C)cc4)cc3)c3ccc(-c4ccc5c(c4)c4cc([Si](C)(C)C)ccc4n5-c4ccc([Si](C)(C)C)cc4)cc3)cc2)cc1. The van der Waals surface area contributed by atoms with Crippen LogP contribution in [0.5, 0.6) is 0 Å². The maximum atomic E-state index is 2.49. The van der Waals surface area contributed by atoms with Crippen LogP contribution < -0.4 is 25.6 Å². The number of nitrogens with zero attached hydrogens (tertiary/aromatic N) is 2. The molecule has 0 radical (unpaired) electrons. The Balaban J connectivity index is 1.10. The van der Waals surface area contributed by atoms with Crippen molar-refractivity contribution in [2.75, 3.05) is 4.90 Å². The van der Waals surface area contributed by atoms with E-state index in [1.807, 2.05) is 0 Å². The average Bonchev–Trinajstić information content (AvgIpc) is 3.62. The van der Waals surface area contributed by atoms with Crippen LogP contribution in [0, 0.1) is 0 Å². The molecule has 0 aliphatic carbocycles.